The number of rotatable bonds is 6. The highest BCUT2D eigenvalue weighted by Crippen LogP contribution is 2.25. The Hall–Kier alpha value is -2.25. The van der Waals surface area contributed by atoms with Crippen LogP contribution in [0.5, 0.6) is 0 Å². The molecule has 2 heterocycles. The van der Waals surface area contributed by atoms with Gasteiger partial charge < -0.3 is 20.9 Å². The molecule has 1 aromatic carbocycles. The van der Waals surface area contributed by atoms with Crippen molar-refractivity contribution in [2.45, 2.75) is 32.2 Å². The topological polar surface area (TPSA) is 68.8 Å². The Morgan fingerprint density at radius 1 is 1.28 bits per heavy atom. The van der Waals surface area contributed by atoms with E-state index in [1.807, 2.05) is 25.1 Å². The van der Waals surface area contributed by atoms with Crippen LogP contribution >= 0.6 is 22.9 Å². The van der Waals surface area contributed by atoms with Crippen LogP contribution in [0, 0.1) is 6.92 Å². The van der Waals surface area contributed by atoms with E-state index in [-0.39, 0.29) is 5.91 Å². The maximum atomic E-state index is 12.2. The Morgan fingerprint density at radius 3 is 2.76 bits per heavy atom. The van der Waals surface area contributed by atoms with Gasteiger partial charge in [0.05, 0.1) is 5.00 Å². The molecule has 0 radical (unpaired) electrons. The number of carbonyl (C=O) groups excluding carboxylic acids is 1. The van der Waals surface area contributed by atoms with Gasteiger partial charge >= 0.3 is 0 Å². The number of thiophene rings is 1. The molecule has 0 bridgehead atoms. The van der Waals surface area contributed by atoms with Crippen molar-refractivity contribution in [1.29, 1.82) is 0 Å². The molecule has 1 aromatic heterocycles. The molecule has 1 aliphatic rings. The minimum Gasteiger partial charge on any atom is -0.363 e. The number of hydrogen-bond acceptors (Lipinski definition) is 4. The summed E-state index contributed by atoms with van der Waals surface area (Å²) in [5.41, 5.74) is 1.63. The molecule has 3 N–H and O–H groups in total. The van der Waals surface area contributed by atoms with E-state index in [2.05, 4.69) is 43.4 Å². The van der Waals surface area contributed by atoms with E-state index in [4.69, 9.17) is 11.6 Å². The highest BCUT2D eigenvalue weighted by Gasteiger charge is 2.20. The van der Waals surface area contributed by atoms with E-state index >= 15 is 0 Å². The number of benzene rings is 1. The van der Waals surface area contributed by atoms with Crippen LogP contribution < -0.4 is 20.9 Å². The van der Waals surface area contributed by atoms with Crippen molar-refractivity contribution in [3.63, 3.8) is 0 Å². The van der Waals surface area contributed by atoms with Gasteiger partial charge in [-0.3, -0.25) is 9.79 Å². The number of piperidine rings is 1. The van der Waals surface area contributed by atoms with Crippen LogP contribution in [-0.4, -0.2) is 44.6 Å². The zero-order valence-corrected chi connectivity index (χ0v) is 18.4. The maximum Gasteiger partial charge on any atom is 0.226 e. The van der Waals surface area contributed by atoms with Crippen LogP contribution in [0.2, 0.25) is 5.02 Å². The first-order chi connectivity index (χ1) is 14.1. The van der Waals surface area contributed by atoms with Crippen LogP contribution in [0.1, 0.15) is 24.8 Å². The van der Waals surface area contributed by atoms with Gasteiger partial charge in [0.15, 0.2) is 5.96 Å². The summed E-state index contributed by atoms with van der Waals surface area (Å²) in [4.78, 5) is 18.9. The quantitative estimate of drug-likeness (QED) is 0.477. The molecule has 6 nitrogen and oxygen atoms in total. The highest BCUT2D eigenvalue weighted by molar-refractivity contribution is 7.14. The van der Waals surface area contributed by atoms with Gasteiger partial charge in [0.25, 0.3) is 0 Å². The second-order valence-corrected chi connectivity index (χ2v) is 8.40. The van der Waals surface area contributed by atoms with Crippen LogP contribution in [0.15, 0.2) is 40.7 Å². The van der Waals surface area contributed by atoms with Gasteiger partial charge in [-0.1, -0.05) is 17.7 Å². The first-order valence-electron chi connectivity index (χ1n) is 9.87. The largest absolute Gasteiger partial charge is 0.363 e. The summed E-state index contributed by atoms with van der Waals surface area (Å²) in [7, 11) is 1.76. The Bertz CT molecular complexity index is 832. The number of halogens is 1. The van der Waals surface area contributed by atoms with Crippen LogP contribution in [-0.2, 0) is 4.79 Å². The van der Waals surface area contributed by atoms with Crippen molar-refractivity contribution in [2.24, 2.45) is 4.99 Å². The van der Waals surface area contributed by atoms with Crippen molar-refractivity contribution in [3.05, 3.63) is 46.3 Å². The standard InChI is InChI=1S/C21H28ClN5OS/c1-15-17(22)5-3-6-18(15)26-19(28)8-11-24-21(23-2)25-16-9-12-27(13-10-16)20-7-4-14-29-20/h3-7,14,16H,8-13H2,1-2H3,(H,26,28)(H2,23,24,25). The van der Waals surface area contributed by atoms with Gasteiger partial charge in [-0.2, -0.15) is 0 Å². The average Bonchev–Trinajstić information content (AvgIpc) is 3.26. The second-order valence-electron chi connectivity index (χ2n) is 7.07. The van der Waals surface area contributed by atoms with E-state index in [0.717, 1.165) is 43.1 Å². The number of nitrogens with one attached hydrogen (secondary N) is 3. The van der Waals surface area contributed by atoms with Crippen LogP contribution in [0.25, 0.3) is 0 Å². The Balaban J connectivity index is 1.38. The fourth-order valence-electron chi connectivity index (χ4n) is 3.33. The number of aliphatic imine (C=N–C) groups is 1. The van der Waals surface area contributed by atoms with Gasteiger partial charge in [-0.05, 0) is 55.0 Å². The first kappa shape index (κ1) is 21.5. The molecule has 0 saturated carbocycles. The third-order valence-electron chi connectivity index (χ3n) is 5.06. The van der Waals surface area contributed by atoms with Crippen molar-refractivity contribution in [1.82, 2.24) is 10.6 Å². The minimum atomic E-state index is -0.0532. The van der Waals surface area contributed by atoms with Gasteiger partial charge in [-0.25, -0.2) is 0 Å². The number of nitrogens with zero attached hydrogens (tertiary/aromatic N) is 2. The fourth-order valence-corrected chi connectivity index (χ4v) is 4.29. The summed E-state index contributed by atoms with van der Waals surface area (Å²) >= 11 is 7.89. The molecular weight excluding hydrogens is 406 g/mol. The summed E-state index contributed by atoms with van der Waals surface area (Å²) in [5.74, 6) is 0.689. The predicted octanol–water partition coefficient (Wildman–Crippen LogP) is 3.87. The van der Waals surface area contributed by atoms with Gasteiger partial charge in [0.1, 0.15) is 0 Å². The third kappa shape index (κ3) is 6.11. The molecule has 29 heavy (non-hydrogen) atoms. The van der Waals surface area contributed by atoms with E-state index < -0.39 is 0 Å². The summed E-state index contributed by atoms with van der Waals surface area (Å²) in [5, 5.41) is 13.7. The predicted molar refractivity (Wildman–Crippen MR) is 123 cm³/mol. The summed E-state index contributed by atoms with van der Waals surface area (Å²) in [6, 6.07) is 10.2. The van der Waals surface area contributed by atoms with Crippen LogP contribution in [0.3, 0.4) is 0 Å². The van der Waals surface area contributed by atoms with E-state index in [1.165, 1.54) is 5.00 Å². The molecule has 156 valence electrons. The molecule has 1 amide bonds. The van der Waals surface area contributed by atoms with E-state index in [0.29, 0.717) is 24.0 Å². The molecule has 0 atom stereocenters. The first-order valence-corrected chi connectivity index (χ1v) is 11.1. The maximum absolute atomic E-state index is 12.2. The van der Waals surface area contributed by atoms with Crippen molar-refractivity contribution in [2.75, 3.05) is 36.9 Å². The second kappa shape index (κ2) is 10.5. The Labute approximate surface area is 181 Å². The summed E-state index contributed by atoms with van der Waals surface area (Å²) in [6.45, 7) is 4.48. The van der Waals surface area contributed by atoms with Gasteiger partial charge in [-0.15, -0.1) is 11.3 Å². The zero-order chi connectivity index (χ0) is 20.6. The molecule has 1 aliphatic heterocycles. The lowest BCUT2D eigenvalue weighted by Gasteiger charge is -2.33. The molecule has 0 aliphatic carbocycles. The smallest absolute Gasteiger partial charge is 0.226 e. The SMILES string of the molecule is CN=C(NCCC(=O)Nc1cccc(Cl)c1C)NC1CCN(c2cccs2)CC1. The molecule has 8 heteroatoms. The number of anilines is 2. The van der Waals surface area contributed by atoms with Crippen molar-refractivity contribution >= 4 is 45.5 Å². The molecule has 1 fully saturated rings. The van der Waals surface area contributed by atoms with Crippen molar-refractivity contribution in [3.8, 4) is 0 Å². The number of amides is 1. The fraction of sp³-hybridized carbons (Fsp3) is 0.429. The van der Waals surface area contributed by atoms with Crippen LogP contribution in [0.4, 0.5) is 10.7 Å². The highest BCUT2D eigenvalue weighted by atomic mass is 35.5. The molecular formula is C21H28ClN5OS. The molecule has 2 aromatic rings. The molecule has 0 unspecified atom stereocenters. The average molecular weight is 434 g/mol. The normalized spacial score (nSPS) is 15.3. The molecule has 3 rings (SSSR count). The van der Waals surface area contributed by atoms with Gasteiger partial charge in [0.2, 0.25) is 5.91 Å². The van der Waals surface area contributed by atoms with E-state index in [9.17, 15) is 4.79 Å². The summed E-state index contributed by atoms with van der Waals surface area (Å²) in [6.07, 6.45) is 2.48. The lowest BCUT2D eigenvalue weighted by Crippen LogP contribution is -2.49. The number of hydrogen-bond donors (Lipinski definition) is 3. The minimum absolute atomic E-state index is 0.0532. The van der Waals surface area contributed by atoms with Gasteiger partial charge in [0, 0.05) is 49.9 Å². The van der Waals surface area contributed by atoms with Crippen molar-refractivity contribution < 1.29 is 4.79 Å². The zero-order valence-electron chi connectivity index (χ0n) is 16.9. The Kier molecular flexibility index (Phi) is 7.77. The number of guanidine groups is 1. The monoisotopic (exact) mass is 433 g/mol. The van der Waals surface area contributed by atoms with E-state index in [1.54, 1.807) is 18.4 Å². The summed E-state index contributed by atoms with van der Waals surface area (Å²) < 4.78 is 0. The third-order valence-corrected chi connectivity index (χ3v) is 6.40. The number of carbonyl (C=O) groups is 1. The molecule has 0 spiro atoms. The lowest BCUT2D eigenvalue weighted by atomic mass is 10.1. The lowest BCUT2D eigenvalue weighted by molar-refractivity contribution is -0.116. The Morgan fingerprint density at radius 2 is 2.07 bits per heavy atom. The molecule has 1 saturated heterocycles.